The third-order valence-corrected chi connectivity index (χ3v) is 2.88. The molecule has 0 aromatic heterocycles. The lowest BCUT2D eigenvalue weighted by atomic mass is 10.2. The molecule has 0 amide bonds. The van der Waals surface area contributed by atoms with Crippen LogP contribution in [0.5, 0.6) is 5.75 Å². The maximum absolute atomic E-state index is 13.1. The summed E-state index contributed by atoms with van der Waals surface area (Å²) >= 11 is 5.69. The molecule has 4 nitrogen and oxygen atoms in total. The molecule has 0 saturated heterocycles. The first-order valence-corrected chi connectivity index (χ1v) is 6.10. The molecule has 104 valence electrons. The molecule has 0 radical (unpaired) electrons. The summed E-state index contributed by atoms with van der Waals surface area (Å²) in [7, 11) is 1.54. The number of halogens is 2. The summed E-state index contributed by atoms with van der Waals surface area (Å²) in [5.74, 6) is 0.305. The number of hydrogen-bond donors (Lipinski definition) is 2. The highest BCUT2D eigenvalue weighted by Gasteiger charge is 2.06. The molecule has 0 aliphatic heterocycles. The molecule has 0 aliphatic rings. The van der Waals surface area contributed by atoms with E-state index in [0.29, 0.717) is 17.0 Å². The number of hydroxylamine groups is 1. The van der Waals surface area contributed by atoms with Gasteiger partial charge in [-0.3, -0.25) is 10.7 Å². The number of benzene rings is 2. The molecule has 0 fully saturated rings. The summed E-state index contributed by atoms with van der Waals surface area (Å²) in [6.07, 6.45) is 0. The van der Waals surface area contributed by atoms with E-state index in [9.17, 15) is 9.60 Å². The normalized spacial score (nSPS) is 11.3. The van der Waals surface area contributed by atoms with Crippen LogP contribution < -0.4 is 10.2 Å². The Balaban J connectivity index is 2.39. The van der Waals surface area contributed by atoms with Gasteiger partial charge in [0, 0.05) is 5.56 Å². The van der Waals surface area contributed by atoms with E-state index in [2.05, 4.69) is 4.99 Å². The van der Waals surface area contributed by atoms with Gasteiger partial charge in [-0.2, -0.15) is 0 Å². The lowest BCUT2D eigenvalue weighted by molar-refractivity contribution is 0.235. The van der Waals surface area contributed by atoms with Crippen LogP contribution in [0.1, 0.15) is 5.56 Å². The van der Waals surface area contributed by atoms with Gasteiger partial charge in [-0.15, -0.1) is 0 Å². The molecule has 0 spiro atoms. The molecule has 0 heterocycles. The van der Waals surface area contributed by atoms with Gasteiger partial charge in [0.2, 0.25) is 0 Å². The molecule has 0 saturated carbocycles. The summed E-state index contributed by atoms with van der Waals surface area (Å²) in [4.78, 5) is 4.17. The van der Waals surface area contributed by atoms with Crippen LogP contribution in [0.15, 0.2) is 47.5 Å². The third-order valence-electron chi connectivity index (χ3n) is 2.59. The van der Waals surface area contributed by atoms with Crippen molar-refractivity contribution in [3.63, 3.8) is 0 Å². The molecule has 0 aliphatic carbocycles. The van der Waals surface area contributed by atoms with Gasteiger partial charge in [-0.1, -0.05) is 23.7 Å². The van der Waals surface area contributed by atoms with E-state index >= 15 is 0 Å². The molecule has 2 aromatic rings. The molecule has 2 rings (SSSR count). The highest BCUT2D eigenvalue weighted by Crippen LogP contribution is 2.22. The van der Waals surface area contributed by atoms with Crippen LogP contribution in [0.4, 0.5) is 10.1 Å². The predicted molar refractivity (Wildman–Crippen MR) is 75.5 cm³/mol. The van der Waals surface area contributed by atoms with Gasteiger partial charge in [-0.05, 0) is 30.3 Å². The predicted octanol–water partition coefficient (Wildman–Crippen LogP) is 3.54. The monoisotopic (exact) mass is 294 g/mol. The average molecular weight is 295 g/mol. The zero-order valence-corrected chi connectivity index (χ0v) is 11.4. The first-order chi connectivity index (χ1) is 9.63. The molecule has 0 atom stereocenters. The van der Waals surface area contributed by atoms with Crippen molar-refractivity contribution in [2.24, 2.45) is 4.99 Å². The van der Waals surface area contributed by atoms with Crippen LogP contribution in [-0.2, 0) is 0 Å². The van der Waals surface area contributed by atoms with Crippen molar-refractivity contribution in [2.75, 3.05) is 7.11 Å². The standard InChI is InChI=1S/C14H12ClFN2O2/c1-20-11-4-2-3-9(7-11)14(18-19)17-10-5-6-13(16)12(15)8-10/h2-8,19H,1H3,(H,17,18). The number of amidine groups is 1. The van der Waals surface area contributed by atoms with E-state index < -0.39 is 5.82 Å². The SMILES string of the molecule is COc1cccc(C(=Nc2ccc(F)c(Cl)c2)NO)c1. The summed E-state index contributed by atoms with van der Waals surface area (Å²) in [6.45, 7) is 0. The highest BCUT2D eigenvalue weighted by molar-refractivity contribution is 6.31. The number of aliphatic imine (C=N–C) groups is 1. The van der Waals surface area contributed by atoms with Gasteiger partial charge in [0.1, 0.15) is 11.6 Å². The number of nitrogens with one attached hydrogen (secondary N) is 1. The van der Waals surface area contributed by atoms with E-state index in [4.69, 9.17) is 16.3 Å². The summed E-state index contributed by atoms with van der Waals surface area (Å²) in [6, 6.07) is 11.0. The van der Waals surface area contributed by atoms with Gasteiger partial charge < -0.3 is 4.74 Å². The average Bonchev–Trinajstić information content (AvgIpc) is 2.48. The fraction of sp³-hybridized carbons (Fsp3) is 0.0714. The van der Waals surface area contributed by atoms with E-state index in [0.717, 1.165) is 0 Å². The minimum atomic E-state index is -0.523. The van der Waals surface area contributed by atoms with Gasteiger partial charge in [0.15, 0.2) is 5.84 Å². The molecule has 0 unspecified atom stereocenters. The Hall–Kier alpha value is -2.11. The van der Waals surface area contributed by atoms with Crippen molar-refractivity contribution in [3.05, 3.63) is 58.9 Å². The third kappa shape index (κ3) is 3.26. The zero-order chi connectivity index (χ0) is 14.5. The van der Waals surface area contributed by atoms with Gasteiger partial charge >= 0.3 is 0 Å². The Bertz CT molecular complexity index is 647. The molecule has 20 heavy (non-hydrogen) atoms. The highest BCUT2D eigenvalue weighted by atomic mass is 35.5. The second-order valence-electron chi connectivity index (χ2n) is 3.90. The fourth-order valence-electron chi connectivity index (χ4n) is 1.61. The summed E-state index contributed by atoms with van der Waals surface area (Å²) < 4.78 is 18.2. The maximum atomic E-state index is 13.1. The Morgan fingerprint density at radius 2 is 2.10 bits per heavy atom. The van der Waals surface area contributed by atoms with Crippen LogP contribution in [-0.4, -0.2) is 18.2 Å². The minimum Gasteiger partial charge on any atom is -0.497 e. The van der Waals surface area contributed by atoms with Gasteiger partial charge in [0.05, 0.1) is 17.8 Å². The Kier molecular flexibility index (Phi) is 4.55. The minimum absolute atomic E-state index is 0.0332. The summed E-state index contributed by atoms with van der Waals surface area (Å²) in [5, 5.41) is 9.17. The van der Waals surface area contributed by atoms with Crippen LogP contribution in [0.25, 0.3) is 0 Å². The van der Waals surface area contributed by atoms with Crippen LogP contribution in [0.2, 0.25) is 5.02 Å². The van der Waals surface area contributed by atoms with E-state index in [-0.39, 0.29) is 10.9 Å². The molecule has 0 bridgehead atoms. The van der Waals surface area contributed by atoms with Crippen LogP contribution >= 0.6 is 11.6 Å². The van der Waals surface area contributed by atoms with Gasteiger partial charge in [-0.25, -0.2) is 9.38 Å². The fourth-order valence-corrected chi connectivity index (χ4v) is 1.78. The molecule has 2 N–H and O–H groups in total. The van der Waals surface area contributed by atoms with Crippen molar-refractivity contribution in [1.82, 2.24) is 5.48 Å². The quantitative estimate of drug-likeness (QED) is 0.517. The first-order valence-electron chi connectivity index (χ1n) is 5.72. The topological polar surface area (TPSA) is 53.8 Å². The van der Waals surface area contributed by atoms with Crippen molar-refractivity contribution in [1.29, 1.82) is 0 Å². The maximum Gasteiger partial charge on any atom is 0.157 e. The molecule has 2 aromatic carbocycles. The zero-order valence-electron chi connectivity index (χ0n) is 10.6. The van der Waals surface area contributed by atoms with Crippen molar-refractivity contribution < 1.29 is 14.3 Å². The lowest BCUT2D eigenvalue weighted by Gasteiger charge is -2.07. The number of ether oxygens (including phenoxy) is 1. The van der Waals surface area contributed by atoms with E-state index in [1.54, 1.807) is 31.4 Å². The largest absolute Gasteiger partial charge is 0.497 e. The van der Waals surface area contributed by atoms with Crippen molar-refractivity contribution in [2.45, 2.75) is 0 Å². The Labute approximate surface area is 120 Å². The van der Waals surface area contributed by atoms with Crippen LogP contribution in [0.3, 0.4) is 0 Å². The smallest absolute Gasteiger partial charge is 0.157 e. The van der Waals surface area contributed by atoms with E-state index in [1.165, 1.54) is 18.2 Å². The van der Waals surface area contributed by atoms with Crippen molar-refractivity contribution in [3.8, 4) is 5.75 Å². The van der Waals surface area contributed by atoms with Crippen molar-refractivity contribution >= 4 is 23.1 Å². The second kappa shape index (κ2) is 6.36. The number of hydrogen-bond acceptors (Lipinski definition) is 3. The Morgan fingerprint density at radius 3 is 2.75 bits per heavy atom. The van der Waals surface area contributed by atoms with Gasteiger partial charge in [0.25, 0.3) is 0 Å². The Morgan fingerprint density at radius 1 is 1.30 bits per heavy atom. The summed E-state index contributed by atoms with van der Waals surface area (Å²) in [5.41, 5.74) is 3.04. The number of methoxy groups -OCH3 is 1. The lowest BCUT2D eigenvalue weighted by Crippen LogP contribution is -2.19. The molecule has 6 heteroatoms. The van der Waals surface area contributed by atoms with Crippen LogP contribution in [0, 0.1) is 5.82 Å². The second-order valence-corrected chi connectivity index (χ2v) is 4.31. The first kappa shape index (κ1) is 14.3. The van der Waals surface area contributed by atoms with E-state index in [1.807, 2.05) is 5.48 Å². The number of nitrogens with zero attached hydrogens (tertiary/aromatic N) is 1. The number of rotatable bonds is 3. The molecular formula is C14H12ClFN2O2. The molecular weight excluding hydrogens is 283 g/mol.